The third kappa shape index (κ3) is 3.94. The number of unbranched alkanes of at least 4 members (excludes halogenated alkanes) is 4. The molecule has 7 nitrogen and oxygen atoms in total. The van der Waals surface area contributed by atoms with Gasteiger partial charge in [-0.05, 0) is 38.3 Å². The zero-order chi connectivity index (χ0) is 16.9. The molecule has 2 unspecified atom stereocenters. The predicted octanol–water partition coefficient (Wildman–Crippen LogP) is 2.84. The van der Waals surface area contributed by atoms with E-state index < -0.39 is 6.09 Å². The highest BCUT2D eigenvalue weighted by Gasteiger charge is 2.45. The monoisotopic (exact) mass is 338 g/mol. The Balaban J connectivity index is 1.58. The second-order valence-corrected chi connectivity index (χ2v) is 7.26. The maximum atomic E-state index is 11.2. The molecular formula is C17H30N4O3. The maximum Gasteiger partial charge on any atom is 0.423 e. The first-order valence-electron chi connectivity index (χ1n) is 9.43. The van der Waals surface area contributed by atoms with Crippen molar-refractivity contribution < 1.29 is 14.7 Å². The smallest absolute Gasteiger partial charge is 0.423 e. The Morgan fingerprint density at radius 2 is 2.04 bits per heavy atom. The lowest BCUT2D eigenvalue weighted by Crippen LogP contribution is -2.58. The third-order valence-electron chi connectivity index (χ3n) is 5.59. The van der Waals surface area contributed by atoms with Gasteiger partial charge in [0.15, 0.2) is 5.84 Å². The van der Waals surface area contributed by atoms with Gasteiger partial charge in [0.25, 0.3) is 0 Å². The highest BCUT2D eigenvalue weighted by molar-refractivity contribution is 5.84. The van der Waals surface area contributed by atoms with Gasteiger partial charge in [0.05, 0.1) is 0 Å². The van der Waals surface area contributed by atoms with E-state index in [2.05, 4.69) is 22.4 Å². The Morgan fingerprint density at radius 1 is 1.29 bits per heavy atom. The van der Waals surface area contributed by atoms with E-state index in [1.807, 2.05) is 0 Å². The van der Waals surface area contributed by atoms with Gasteiger partial charge in [-0.3, -0.25) is 0 Å². The summed E-state index contributed by atoms with van der Waals surface area (Å²) in [4.78, 5) is 19.4. The zero-order valence-electron chi connectivity index (χ0n) is 14.6. The highest BCUT2D eigenvalue weighted by atomic mass is 16.7. The Hall–Kier alpha value is -1.50. The molecule has 24 heavy (non-hydrogen) atoms. The van der Waals surface area contributed by atoms with E-state index in [9.17, 15) is 9.90 Å². The van der Waals surface area contributed by atoms with Crippen molar-refractivity contribution in [1.29, 1.82) is 0 Å². The van der Waals surface area contributed by atoms with Gasteiger partial charge in [-0.25, -0.2) is 15.2 Å². The summed E-state index contributed by atoms with van der Waals surface area (Å²) in [5.41, 5.74) is 2.53. The fraction of sp³-hybridized carbons (Fsp3) is 0.882. The molecule has 1 amide bonds. The number of carboxylic acid groups (broad SMARTS) is 1. The molecule has 0 aliphatic carbocycles. The lowest BCUT2D eigenvalue weighted by molar-refractivity contribution is -0.103. The first-order chi connectivity index (χ1) is 11.7. The minimum absolute atomic E-state index is 0.292. The van der Waals surface area contributed by atoms with Crippen molar-refractivity contribution in [2.24, 2.45) is 17.0 Å². The number of amides is 1. The molecule has 3 fully saturated rings. The number of nitrogens with one attached hydrogen (secondary N) is 1. The molecule has 0 radical (unpaired) electrons. The van der Waals surface area contributed by atoms with Crippen LogP contribution in [0.2, 0.25) is 0 Å². The largest absolute Gasteiger partial charge is 0.464 e. The number of piperidine rings is 3. The highest BCUT2D eigenvalue weighted by Crippen LogP contribution is 2.37. The van der Waals surface area contributed by atoms with Crippen LogP contribution in [-0.4, -0.2) is 52.8 Å². The molecule has 0 aromatic heterocycles. The fourth-order valence-electron chi connectivity index (χ4n) is 4.24. The summed E-state index contributed by atoms with van der Waals surface area (Å²) in [5, 5.41) is 15.1. The number of oxime groups is 1. The summed E-state index contributed by atoms with van der Waals surface area (Å²) in [6, 6.07) is 0. The van der Waals surface area contributed by atoms with Crippen LogP contribution in [0.5, 0.6) is 0 Å². The van der Waals surface area contributed by atoms with E-state index in [0.717, 1.165) is 44.7 Å². The van der Waals surface area contributed by atoms with E-state index in [1.54, 1.807) is 5.01 Å². The topological polar surface area (TPSA) is 77.4 Å². The Kier molecular flexibility index (Phi) is 5.81. The quantitative estimate of drug-likeness (QED) is 0.666. The van der Waals surface area contributed by atoms with Crippen molar-refractivity contribution in [2.45, 2.75) is 64.5 Å². The van der Waals surface area contributed by atoms with Gasteiger partial charge >= 0.3 is 6.09 Å². The third-order valence-corrected chi connectivity index (χ3v) is 5.59. The number of nitrogens with zero attached hydrogens (tertiary/aromatic N) is 3. The summed E-state index contributed by atoms with van der Waals surface area (Å²) in [6.07, 6.45) is 7.65. The molecule has 3 saturated heterocycles. The van der Waals surface area contributed by atoms with Crippen molar-refractivity contribution in [3.05, 3.63) is 0 Å². The molecule has 0 spiro atoms. The van der Waals surface area contributed by atoms with Gasteiger partial charge in [0.2, 0.25) is 6.23 Å². The molecule has 4 aliphatic heterocycles. The van der Waals surface area contributed by atoms with Crippen LogP contribution in [0.15, 0.2) is 5.16 Å². The van der Waals surface area contributed by atoms with Gasteiger partial charge < -0.3 is 14.8 Å². The molecule has 4 rings (SSSR count). The second-order valence-electron chi connectivity index (χ2n) is 7.26. The number of hydrogen-bond donors (Lipinski definition) is 2. The van der Waals surface area contributed by atoms with Gasteiger partial charge in [0, 0.05) is 18.9 Å². The van der Waals surface area contributed by atoms with Gasteiger partial charge in [0.1, 0.15) is 0 Å². The van der Waals surface area contributed by atoms with Gasteiger partial charge in [-0.15, -0.1) is 0 Å². The van der Waals surface area contributed by atoms with Crippen LogP contribution in [0.4, 0.5) is 4.79 Å². The van der Waals surface area contributed by atoms with E-state index in [1.165, 1.54) is 32.1 Å². The lowest BCUT2D eigenvalue weighted by Gasteiger charge is -2.47. The summed E-state index contributed by atoms with van der Waals surface area (Å²) in [7, 11) is 0. The Bertz CT molecular complexity index is 463. The first-order valence-corrected chi connectivity index (χ1v) is 9.43. The molecule has 0 saturated carbocycles. The average Bonchev–Trinajstić information content (AvgIpc) is 2.97. The van der Waals surface area contributed by atoms with Crippen LogP contribution in [0.25, 0.3) is 0 Å². The van der Waals surface area contributed by atoms with Gasteiger partial charge in [-0.1, -0.05) is 37.8 Å². The first kappa shape index (κ1) is 17.3. The van der Waals surface area contributed by atoms with Crippen molar-refractivity contribution in [3.63, 3.8) is 0 Å². The minimum Gasteiger partial charge on any atom is -0.464 e. The number of rotatable bonds is 8. The van der Waals surface area contributed by atoms with Crippen LogP contribution < -0.4 is 5.43 Å². The molecule has 2 atom stereocenters. The molecule has 4 heterocycles. The van der Waals surface area contributed by atoms with E-state index >= 15 is 0 Å². The fourth-order valence-corrected chi connectivity index (χ4v) is 4.24. The normalized spacial score (nSPS) is 31.7. The van der Waals surface area contributed by atoms with Crippen LogP contribution in [0, 0.1) is 11.8 Å². The average molecular weight is 338 g/mol. The molecule has 2 bridgehead atoms. The minimum atomic E-state index is -1.05. The number of hydrazine groups is 1. The van der Waals surface area contributed by atoms with Crippen molar-refractivity contribution in [2.75, 3.05) is 19.6 Å². The number of amidine groups is 1. The lowest BCUT2D eigenvalue weighted by atomic mass is 9.78. The predicted molar refractivity (Wildman–Crippen MR) is 91.3 cm³/mol. The number of hydrogen-bond acceptors (Lipinski definition) is 5. The maximum absolute atomic E-state index is 11.2. The standard InChI is InChI=1S/C17H30N4O3/c1-2-3-4-5-6-7-15-19-24-16(21(15)18-17(22)23)14-12-20-10-8-13(14)9-11-20/h13-14,16,18H,2-12H2,1H3,(H,22,23). The second kappa shape index (κ2) is 8.05. The molecule has 4 aliphatic rings. The zero-order valence-corrected chi connectivity index (χ0v) is 14.6. The Labute approximate surface area is 144 Å². The van der Waals surface area contributed by atoms with Crippen LogP contribution >= 0.6 is 0 Å². The molecule has 136 valence electrons. The van der Waals surface area contributed by atoms with Crippen molar-refractivity contribution >= 4 is 11.9 Å². The molecule has 7 heteroatoms. The molecule has 0 aromatic carbocycles. The summed E-state index contributed by atoms with van der Waals surface area (Å²) in [6.45, 7) is 5.50. The summed E-state index contributed by atoms with van der Waals surface area (Å²) < 4.78 is 0. The molecule has 2 N–H and O–H groups in total. The van der Waals surface area contributed by atoms with E-state index in [-0.39, 0.29) is 6.23 Å². The van der Waals surface area contributed by atoms with E-state index in [0.29, 0.717) is 11.8 Å². The Morgan fingerprint density at radius 3 is 2.67 bits per heavy atom. The SMILES string of the molecule is CCCCCCCC1=NOC(C2CN3CCC2CC3)N1NC(=O)O. The molecule has 0 aromatic rings. The van der Waals surface area contributed by atoms with Crippen molar-refractivity contribution in [1.82, 2.24) is 15.3 Å². The summed E-state index contributed by atoms with van der Waals surface area (Å²) in [5.74, 6) is 1.66. The van der Waals surface area contributed by atoms with Crippen molar-refractivity contribution in [3.8, 4) is 0 Å². The number of fused-ring (bicyclic) bond motifs is 3. The van der Waals surface area contributed by atoms with Gasteiger partial charge in [-0.2, -0.15) is 0 Å². The number of carbonyl (C=O) groups is 1. The molecular weight excluding hydrogens is 308 g/mol. The van der Waals surface area contributed by atoms with Crippen LogP contribution in [0.1, 0.15) is 58.3 Å². The van der Waals surface area contributed by atoms with Crippen LogP contribution in [-0.2, 0) is 4.84 Å². The van der Waals surface area contributed by atoms with Crippen LogP contribution in [0.3, 0.4) is 0 Å². The summed E-state index contributed by atoms with van der Waals surface area (Å²) >= 11 is 0. The van der Waals surface area contributed by atoms with E-state index in [4.69, 9.17) is 4.84 Å².